The number of fused-ring (bicyclic) bond motifs is 11. The molecule has 0 saturated carbocycles. The Morgan fingerprint density at radius 3 is 1.53 bits per heavy atom. The molecular weight excluding hydrogens is 795 g/mol. The monoisotopic (exact) mass is 843 g/mol. The second-order valence-corrected chi connectivity index (χ2v) is 19.5. The van der Waals surface area contributed by atoms with Crippen molar-refractivity contribution in [1.29, 1.82) is 0 Å². The summed E-state index contributed by atoms with van der Waals surface area (Å²) in [6, 6.07) is 84.4. The van der Waals surface area contributed by atoms with Crippen molar-refractivity contribution in [3.05, 3.63) is 269 Å². The lowest BCUT2D eigenvalue weighted by Gasteiger charge is -2.35. The molecule has 0 saturated heterocycles. The molecule has 1 nitrogen and oxygen atoms in total. The van der Waals surface area contributed by atoms with Crippen molar-refractivity contribution in [2.75, 3.05) is 4.90 Å². The summed E-state index contributed by atoms with van der Waals surface area (Å²) in [5, 5.41) is 2.55. The number of rotatable bonds is 6. The third-order valence-electron chi connectivity index (χ3n) is 15.5. The van der Waals surface area contributed by atoms with Gasteiger partial charge in [0.05, 0.1) is 16.8 Å². The summed E-state index contributed by atoms with van der Waals surface area (Å²) in [5.74, 6) is 0. The fraction of sp³-hybridized carbons (Fsp3) is 0.108. The van der Waals surface area contributed by atoms with Crippen LogP contribution in [0.25, 0.3) is 55.3 Å². The Hall–Kier alpha value is -7.74. The third kappa shape index (κ3) is 5.17. The maximum absolute atomic E-state index is 2.60. The van der Waals surface area contributed by atoms with Gasteiger partial charge in [0.2, 0.25) is 0 Å². The summed E-state index contributed by atoms with van der Waals surface area (Å²) in [7, 11) is 0. The second-order valence-electron chi connectivity index (χ2n) is 19.5. The smallest absolute Gasteiger partial charge is 0.0714 e. The molecule has 1 heteroatoms. The molecule has 0 N–H and O–H groups in total. The molecule has 66 heavy (non-hydrogen) atoms. The molecular formula is C65H49N. The number of benzene rings is 10. The highest BCUT2D eigenvalue weighted by molar-refractivity contribution is 6.08. The van der Waals surface area contributed by atoms with Crippen molar-refractivity contribution in [3.63, 3.8) is 0 Å². The van der Waals surface area contributed by atoms with Gasteiger partial charge in [0.1, 0.15) is 0 Å². The first kappa shape index (κ1) is 38.7. The van der Waals surface area contributed by atoms with E-state index >= 15 is 0 Å². The summed E-state index contributed by atoms with van der Waals surface area (Å²) in [5.41, 5.74) is 23.6. The third-order valence-corrected chi connectivity index (χ3v) is 15.5. The molecule has 10 aromatic rings. The minimum absolute atomic E-state index is 0.124. The lowest BCUT2D eigenvalue weighted by Crippen LogP contribution is -2.28. The van der Waals surface area contributed by atoms with Crippen LogP contribution in [-0.4, -0.2) is 0 Å². The van der Waals surface area contributed by atoms with E-state index in [9.17, 15) is 0 Å². The highest BCUT2D eigenvalue weighted by atomic mass is 15.1. The molecule has 13 rings (SSSR count). The first-order valence-corrected chi connectivity index (χ1v) is 23.4. The van der Waals surface area contributed by atoms with Gasteiger partial charge in [-0.3, -0.25) is 0 Å². The van der Waals surface area contributed by atoms with Gasteiger partial charge in [0.25, 0.3) is 0 Å². The first-order chi connectivity index (χ1) is 32.3. The molecule has 0 heterocycles. The molecule has 0 aromatic heterocycles. The molecule has 3 aliphatic rings. The van der Waals surface area contributed by atoms with E-state index in [-0.39, 0.29) is 10.8 Å². The topological polar surface area (TPSA) is 3.24 Å². The summed E-state index contributed by atoms with van der Waals surface area (Å²) < 4.78 is 0. The van der Waals surface area contributed by atoms with E-state index in [4.69, 9.17) is 0 Å². The molecule has 0 radical (unpaired) electrons. The first-order valence-electron chi connectivity index (χ1n) is 23.4. The average Bonchev–Trinajstić information content (AvgIpc) is 3.91. The molecule has 0 unspecified atom stereocenters. The normalized spacial score (nSPS) is 15.0. The molecule has 0 bridgehead atoms. The van der Waals surface area contributed by atoms with E-state index in [2.05, 4.69) is 257 Å². The van der Waals surface area contributed by atoms with E-state index in [1.165, 1.54) is 111 Å². The standard InChI is InChI=1S/C65H49N/c1-63(2)53-32-16-13-27-49(53)50-31-19-30-47(61(50)63)42-37-39-46(40-38-42)66(58-41-43-21-11-12-26-48(43)62-60(58)51-28-14-17-33-54(51)64(62,3)4)57-36-20-35-56-59(57)52-29-15-18-34-55(52)65(56,44-22-7-5-8-23-44)45-24-9-6-10-25-45/h5-41H,1-4H3. The van der Waals surface area contributed by atoms with Crippen LogP contribution in [0.3, 0.4) is 0 Å². The summed E-state index contributed by atoms with van der Waals surface area (Å²) in [6.45, 7) is 9.59. The van der Waals surface area contributed by atoms with Crippen LogP contribution in [0, 0.1) is 0 Å². The zero-order chi connectivity index (χ0) is 44.4. The Labute approximate surface area is 388 Å². The minimum Gasteiger partial charge on any atom is -0.309 e. The molecule has 0 aliphatic heterocycles. The van der Waals surface area contributed by atoms with Crippen LogP contribution in [0.1, 0.15) is 72.2 Å². The van der Waals surface area contributed by atoms with Crippen LogP contribution in [0.5, 0.6) is 0 Å². The molecule has 0 amide bonds. The predicted molar refractivity (Wildman–Crippen MR) is 276 cm³/mol. The average molecular weight is 844 g/mol. The van der Waals surface area contributed by atoms with Gasteiger partial charge in [-0.15, -0.1) is 0 Å². The number of hydrogen-bond donors (Lipinski definition) is 0. The van der Waals surface area contributed by atoms with Gasteiger partial charge in [-0.2, -0.15) is 0 Å². The van der Waals surface area contributed by atoms with Crippen LogP contribution in [0.15, 0.2) is 224 Å². The molecule has 0 spiro atoms. The lowest BCUT2D eigenvalue weighted by molar-refractivity contribution is 0.662. The van der Waals surface area contributed by atoms with E-state index in [0.29, 0.717) is 0 Å². The van der Waals surface area contributed by atoms with Crippen LogP contribution in [0.2, 0.25) is 0 Å². The molecule has 0 atom stereocenters. The van der Waals surface area contributed by atoms with Crippen molar-refractivity contribution >= 4 is 27.8 Å². The highest BCUT2D eigenvalue weighted by Crippen LogP contribution is 2.62. The summed E-state index contributed by atoms with van der Waals surface area (Å²) in [4.78, 5) is 2.60. The van der Waals surface area contributed by atoms with Crippen molar-refractivity contribution in [2.45, 2.75) is 43.9 Å². The van der Waals surface area contributed by atoms with Crippen molar-refractivity contribution in [2.24, 2.45) is 0 Å². The zero-order valence-corrected chi connectivity index (χ0v) is 37.8. The molecule has 0 fully saturated rings. The van der Waals surface area contributed by atoms with Crippen molar-refractivity contribution in [1.82, 2.24) is 0 Å². The highest BCUT2D eigenvalue weighted by Gasteiger charge is 2.48. The largest absolute Gasteiger partial charge is 0.309 e. The summed E-state index contributed by atoms with van der Waals surface area (Å²) >= 11 is 0. The number of nitrogens with zero attached hydrogens (tertiary/aromatic N) is 1. The fourth-order valence-electron chi connectivity index (χ4n) is 12.8. The Balaban J connectivity index is 1.11. The molecule has 314 valence electrons. The van der Waals surface area contributed by atoms with Crippen LogP contribution in [0.4, 0.5) is 17.1 Å². The Bertz CT molecular complexity index is 3540. The number of anilines is 3. The Morgan fingerprint density at radius 1 is 0.333 bits per heavy atom. The van der Waals surface area contributed by atoms with Gasteiger partial charge in [-0.25, -0.2) is 0 Å². The Morgan fingerprint density at radius 2 is 0.833 bits per heavy atom. The summed E-state index contributed by atoms with van der Waals surface area (Å²) in [6.07, 6.45) is 0. The SMILES string of the molecule is CC1(C)c2ccccc2-c2cccc(-c3ccc(N(c4cccc5c4-c4ccccc4C5(c4ccccc4)c4ccccc4)c4cc5ccccc5c5c4-c4ccccc4C5(C)C)cc3)c21. The van der Waals surface area contributed by atoms with E-state index in [0.717, 1.165) is 5.69 Å². The fourth-order valence-corrected chi connectivity index (χ4v) is 12.8. The van der Waals surface area contributed by atoms with Crippen molar-refractivity contribution in [3.8, 4) is 44.5 Å². The lowest BCUT2D eigenvalue weighted by atomic mass is 9.68. The zero-order valence-electron chi connectivity index (χ0n) is 37.8. The maximum Gasteiger partial charge on any atom is 0.0714 e. The van der Waals surface area contributed by atoms with Gasteiger partial charge in [-0.05, 0) is 113 Å². The maximum atomic E-state index is 2.60. The van der Waals surface area contributed by atoms with Gasteiger partial charge in [0, 0.05) is 27.6 Å². The molecule has 3 aliphatic carbocycles. The van der Waals surface area contributed by atoms with E-state index in [1.54, 1.807) is 0 Å². The van der Waals surface area contributed by atoms with Crippen LogP contribution < -0.4 is 4.90 Å². The second kappa shape index (κ2) is 14.1. The predicted octanol–water partition coefficient (Wildman–Crippen LogP) is 17.0. The van der Waals surface area contributed by atoms with E-state index < -0.39 is 5.41 Å². The van der Waals surface area contributed by atoms with Gasteiger partial charge in [0.15, 0.2) is 0 Å². The number of hydrogen-bond acceptors (Lipinski definition) is 1. The minimum atomic E-state index is -0.530. The van der Waals surface area contributed by atoms with Crippen LogP contribution in [-0.2, 0) is 16.2 Å². The van der Waals surface area contributed by atoms with Gasteiger partial charge < -0.3 is 4.90 Å². The quantitative estimate of drug-likeness (QED) is 0.161. The molecule has 10 aromatic carbocycles. The van der Waals surface area contributed by atoms with Crippen molar-refractivity contribution < 1.29 is 0 Å². The van der Waals surface area contributed by atoms with Gasteiger partial charge >= 0.3 is 0 Å². The van der Waals surface area contributed by atoms with Gasteiger partial charge in [-0.1, -0.05) is 228 Å². The van der Waals surface area contributed by atoms with E-state index in [1.807, 2.05) is 0 Å². The Kier molecular flexibility index (Phi) is 8.28. The van der Waals surface area contributed by atoms with Crippen LogP contribution >= 0.6 is 0 Å².